The summed E-state index contributed by atoms with van der Waals surface area (Å²) in [7, 11) is -3.86. The van der Waals surface area contributed by atoms with Crippen molar-refractivity contribution in [2.45, 2.75) is 23.5 Å². The number of carbonyl (C=O) groups excluding carboxylic acids is 1. The van der Waals surface area contributed by atoms with Crippen LogP contribution in [0.4, 0.5) is 4.39 Å². The largest absolute Gasteiger partial charge is 0.484 e. The Morgan fingerprint density at radius 2 is 1.61 bits per heavy atom. The van der Waals surface area contributed by atoms with Crippen molar-refractivity contribution in [3.8, 4) is 5.75 Å². The first-order valence-corrected chi connectivity index (χ1v) is 11.5. The zero-order valence-electron chi connectivity index (χ0n) is 17.1. The smallest absolute Gasteiger partial charge is 0.257 e. The van der Waals surface area contributed by atoms with Crippen LogP contribution in [-0.4, -0.2) is 27.5 Å². The minimum atomic E-state index is -3.86. The molecule has 3 aromatic rings. The lowest BCUT2D eigenvalue weighted by molar-refractivity contribution is -0.123. The van der Waals surface area contributed by atoms with E-state index in [4.69, 9.17) is 4.74 Å². The first kappa shape index (κ1) is 22.5. The average molecular weight is 442 g/mol. The number of rotatable bonds is 9. The summed E-state index contributed by atoms with van der Waals surface area (Å²) in [6, 6.07) is 20.7. The maximum atomic E-state index is 13.3. The normalized spacial score (nSPS) is 12.2. The Balaban J connectivity index is 1.70. The molecule has 0 aliphatic rings. The van der Waals surface area contributed by atoms with E-state index in [-0.39, 0.29) is 18.0 Å². The number of amides is 1. The highest BCUT2D eigenvalue weighted by molar-refractivity contribution is 7.91. The minimum absolute atomic E-state index is 0.00994. The van der Waals surface area contributed by atoms with Crippen molar-refractivity contribution in [1.82, 2.24) is 5.32 Å². The highest BCUT2D eigenvalue weighted by Gasteiger charge is 2.29. The van der Waals surface area contributed by atoms with Crippen molar-refractivity contribution in [2.75, 3.05) is 13.2 Å². The summed E-state index contributed by atoms with van der Waals surface area (Å²) >= 11 is 0. The monoisotopic (exact) mass is 441 g/mol. The summed E-state index contributed by atoms with van der Waals surface area (Å²) in [4.78, 5) is 12.3. The summed E-state index contributed by atoms with van der Waals surface area (Å²) in [6.07, 6.45) is 0.907. The van der Waals surface area contributed by atoms with Gasteiger partial charge in [0.15, 0.2) is 16.4 Å². The number of benzene rings is 3. The molecule has 1 N–H and O–H groups in total. The van der Waals surface area contributed by atoms with E-state index >= 15 is 0 Å². The lowest BCUT2D eigenvalue weighted by atomic mass is 10.1. The predicted octanol–water partition coefficient (Wildman–Crippen LogP) is 4.10. The molecule has 0 aromatic heterocycles. The maximum Gasteiger partial charge on any atom is 0.257 e. The number of carbonyl (C=O) groups is 1. The second-order valence-corrected chi connectivity index (χ2v) is 9.12. The Bertz CT molecular complexity index is 1100. The molecule has 162 valence electrons. The van der Waals surface area contributed by atoms with Gasteiger partial charge in [-0.25, -0.2) is 12.8 Å². The van der Waals surface area contributed by atoms with Crippen LogP contribution in [0.15, 0.2) is 83.8 Å². The molecule has 0 spiro atoms. The lowest BCUT2D eigenvalue weighted by Crippen LogP contribution is -2.35. The summed E-state index contributed by atoms with van der Waals surface area (Å²) < 4.78 is 45.1. The van der Waals surface area contributed by atoms with Gasteiger partial charge in [0, 0.05) is 6.54 Å². The van der Waals surface area contributed by atoms with Crippen molar-refractivity contribution in [1.29, 1.82) is 0 Å². The van der Waals surface area contributed by atoms with Crippen molar-refractivity contribution >= 4 is 15.7 Å². The van der Waals surface area contributed by atoms with E-state index in [1.54, 1.807) is 42.5 Å². The first-order valence-electron chi connectivity index (χ1n) is 9.93. The minimum Gasteiger partial charge on any atom is -0.484 e. The second-order valence-electron chi connectivity index (χ2n) is 6.99. The van der Waals surface area contributed by atoms with Crippen LogP contribution in [0, 0.1) is 5.82 Å². The van der Waals surface area contributed by atoms with Gasteiger partial charge in [0.25, 0.3) is 5.91 Å². The van der Waals surface area contributed by atoms with Crippen molar-refractivity contribution in [3.05, 3.63) is 95.8 Å². The van der Waals surface area contributed by atoms with Crippen LogP contribution in [0.25, 0.3) is 0 Å². The number of aryl methyl sites for hydroxylation is 1. The molecule has 3 aromatic carbocycles. The van der Waals surface area contributed by atoms with Crippen molar-refractivity contribution < 1.29 is 22.3 Å². The molecule has 0 saturated carbocycles. The van der Waals surface area contributed by atoms with E-state index in [2.05, 4.69) is 5.32 Å². The molecule has 1 amide bonds. The number of hydrogen-bond acceptors (Lipinski definition) is 4. The van der Waals surface area contributed by atoms with Crippen LogP contribution in [0.3, 0.4) is 0 Å². The number of halogens is 1. The third-order valence-electron chi connectivity index (χ3n) is 4.87. The van der Waals surface area contributed by atoms with E-state index in [9.17, 15) is 17.6 Å². The van der Waals surface area contributed by atoms with Crippen LogP contribution >= 0.6 is 0 Å². The van der Waals surface area contributed by atoms with Crippen LogP contribution in [0.2, 0.25) is 0 Å². The zero-order valence-corrected chi connectivity index (χ0v) is 17.9. The number of hydrogen-bond donors (Lipinski definition) is 1. The van der Waals surface area contributed by atoms with Gasteiger partial charge in [-0.05, 0) is 53.9 Å². The molecule has 0 heterocycles. The standard InChI is InChI=1S/C24H24FNO4S/c1-2-18-8-12-21(13-9-18)30-17-24(27)26-16-23(19-6-4-3-5-7-19)31(28,29)22-14-10-20(25)11-15-22/h3-15,23H,2,16-17H2,1H3,(H,26,27). The molecule has 0 saturated heterocycles. The summed E-state index contributed by atoms with van der Waals surface area (Å²) in [5, 5.41) is 1.62. The average Bonchev–Trinajstić information content (AvgIpc) is 2.79. The summed E-state index contributed by atoms with van der Waals surface area (Å²) in [5.74, 6) is -0.395. The van der Waals surface area contributed by atoms with Crippen LogP contribution < -0.4 is 10.1 Å². The van der Waals surface area contributed by atoms with Gasteiger partial charge >= 0.3 is 0 Å². The van der Waals surface area contributed by atoms with Gasteiger partial charge < -0.3 is 10.1 Å². The zero-order chi connectivity index (χ0) is 22.3. The van der Waals surface area contributed by atoms with Gasteiger partial charge in [0.05, 0.1) is 4.90 Å². The number of ether oxygens (including phenoxy) is 1. The fraction of sp³-hybridized carbons (Fsp3) is 0.208. The van der Waals surface area contributed by atoms with Gasteiger partial charge in [-0.3, -0.25) is 4.79 Å². The molecule has 7 heteroatoms. The number of nitrogens with one attached hydrogen (secondary N) is 1. The highest BCUT2D eigenvalue weighted by atomic mass is 32.2. The van der Waals surface area contributed by atoms with Gasteiger partial charge in [-0.2, -0.15) is 0 Å². The van der Waals surface area contributed by atoms with E-state index in [0.717, 1.165) is 24.1 Å². The van der Waals surface area contributed by atoms with Crippen LogP contribution in [-0.2, 0) is 21.1 Å². The highest BCUT2D eigenvalue weighted by Crippen LogP contribution is 2.28. The molecule has 3 rings (SSSR count). The van der Waals surface area contributed by atoms with E-state index in [0.29, 0.717) is 11.3 Å². The van der Waals surface area contributed by atoms with Gasteiger partial charge in [-0.15, -0.1) is 0 Å². The van der Waals surface area contributed by atoms with Gasteiger partial charge in [0.2, 0.25) is 0 Å². The molecule has 5 nitrogen and oxygen atoms in total. The predicted molar refractivity (Wildman–Crippen MR) is 117 cm³/mol. The van der Waals surface area contributed by atoms with Crippen LogP contribution in [0.5, 0.6) is 5.75 Å². The fourth-order valence-corrected chi connectivity index (χ4v) is 4.75. The first-order chi connectivity index (χ1) is 14.9. The molecule has 0 fully saturated rings. The van der Waals surface area contributed by atoms with Crippen LogP contribution in [0.1, 0.15) is 23.3 Å². The molecule has 31 heavy (non-hydrogen) atoms. The van der Waals surface area contributed by atoms with Crippen molar-refractivity contribution in [3.63, 3.8) is 0 Å². The Morgan fingerprint density at radius 1 is 0.968 bits per heavy atom. The molecule has 0 bridgehead atoms. The third-order valence-corrected chi connectivity index (χ3v) is 6.99. The quantitative estimate of drug-likeness (QED) is 0.508. The topological polar surface area (TPSA) is 72.5 Å². The lowest BCUT2D eigenvalue weighted by Gasteiger charge is -2.19. The Kier molecular flexibility index (Phi) is 7.41. The summed E-state index contributed by atoms with van der Waals surface area (Å²) in [6.45, 7) is 1.68. The van der Waals surface area contributed by atoms with Gasteiger partial charge in [-0.1, -0.05) is 49.4 Å². The summed E-state index contributed by atoms with van der Waals surface area (Å²) in [5.41, 5.74) is 1.69. The molecule has 0 aliphatic carbocycles. The Morgan fingerprint density at radius 3 is 2.23 bits per heavy atom. The van der Waals surface area contributed by atoms with Gasteiger partial charge in [0.1, 0.15) is 16.8 Å². The SMILES string of the molecule is CCc1ccc(OCC(=O)NCC(c2ccccc2)S(=O)(=O)c2ccc(F)cc2)cc1. The molecule has 1 unspecified atom stereocenters. The molecule has 0 aliphatic heterocycles. The number of sulfone groups is 1. The molecular weight excluding hydrogens is 417 g/mol. The van der Waals surface area contributed by atoms with Crippen molar-refractivity contribution in [2.24, 2.45) is 0 Å². The molecule has 0 radical (unpaired) electrons. The van der Waals surface area contributed by atoms with E-state index in [1.807, 2.05) is 19.1 Å². The second kappa shape index (κ2) is 10.2. The Labute approximate surface area is 181 Å². The molecule has 1 atom stereocenters. The van der Waals surface area contributed by atoms with E-state index < -0.39 is 26.8 Å². The maximum absolute atomic E-state index is 13.3. The molecular formula is C24H24FNO4S. The van der Waals surface area contributed by atoms with E-state index in [1.165, 1.54) is 12.1 Å². The Hall–Kier alpha value is -3.19. The third kappa shape index (κ3) is 5.92. The fourth-order valence-electron chi connectivity index (χ4n) is 3.09.